The second-order valence-electron chi connectivity index (χ2n) is 6.94. The molecule has 2 aromatic carbocycles. The Hall–Kier alpha value is -2.46. The van der Waals surface area contributed by atoms with Gasteiger partial charge in [0, 0.05) is 14.6 Å². The van der Waals surface area contributed by atoms with Crippen LogP contribution in [0, 0.1) is 24.2 Å². The van der Waals surface area contributed by atoms with Gasteiger partial charge in [-0.25, -0.2) is 0 Å². The third kappa shape index (κ3) is 6.81. The number of benzene rings is 2. The number of rotatable bonds is 6. The molecule has 4 nitrogen and oxygen atoms in total. The van der Waals surface area contributed by atoms with Gasteiger partial charge in [-0.2, -0.15) is 5.26 Å². The smallest absolute Gasteiger partial charge is 0.290 e. The normalized spacial score (nSPS) is 10.1. The van der Waals surface area contributed by atoms with Crippen LogP contribution in [0.3, 0.4) is 0 Å². The van der Waals surface area contributed by atoms with Crippen molar-refractivity contribution in [3.8, 4) is 16.5 Å². The van der Waals surface area contributed by atoms with E-state index in [1.807, 2.05) is 6.07 Å². The summed E-state index contributed by atoms with van der Waals surface area (Å²) in [5.41, 5.74) is 4.28. The number of thiophene rings is 1. The fraction of sp³-hybridized carbons (Fsp3) is 0.217. The number of nitrogens with zero attached hydrogens (tertiary/aromatic N) is 1. The lowest BCUT2D eigenvalue weighted by atomic mass is 10.0. The molecule has 3 aromatic rings. The molecule has 0 amide bonds. The highest BCUT2D eigenvalue weighted by Crippen LogP contribution is 2.37. The summed E-state index contributed by atoms with van der Waals surface area (Å²) >= 11 is 9.50. The predicted octanol–water partition coefficient (Wildman–Crippen LogP) is 7.27. The Labute approximate surface area is 190 Å². The zero-order valence-electron chi connectivity index (χ0n) is 17.0. The van der Waals surface area contributed by atoms with Crippen molar-refractivity contribution in [1.82, 2.24) is 0 Å². The average Bonchev–Trinajstić information content (AvgIpc) is 3.08. The van der Waals surface area contributed by atoms with Gasteiger partial charge in [-0.3, -0.25) is 4.79 Å². The first-order chi connectivity index (χ1) is 14.4. The van der Waals surface area contributed by atoms with Crippen molar-refractivity contribution in [3.05, 3.63) is 69.6 Å². The van der Waals surface area contributed by atoms with Crippen molar-refractivity contribution in [2.45, 2.75) is 32.1 Å². The fourth-order valence-corrected chi connectivity index (χ4v) is 4.83. The van der Waals surface area contributed by atoms with Crippen LogP contribution < -0.4 is 4.72 Å². The Morgan fingerprint density at radius 2 is 1.90 bits per heavy atom. The molecule has 0 aliphatic rings. The number of halogens is 1. The Kier molecular flexibility index (Phi) is 9.25. The third-order valence-corrected chi connectivity index (χ3v) is 6.55. The molecule has 0 bridgehead atoms. The second-order valence-corrected chi connectivity index (χ2v) is 9.45. The summed E-state index contributed by atoms with van der Waals surface area (Å²) in [5, 5.41) is 16.4. The first-order valence-electron chi connectivity index (χ1n) is 9.28. The zero-order valence-corrected chi connectivity index (χ0v) is 19.4. The Morgan fingerprint density at radius 3 is 2.47 bits per heavy atom. The van der Waals surface area contributed by atoms with Crippen LogP contribution in [-0.2, 0) is 11.2 Å². The minimum Gasteiger partial charge on any atom is -0.483 e. The summed E-state index contributed by atoms with van der Waals surface area (Å²) in [4.78, 5) is 11.7. The molecule has 7 heteroatoms. The molecule has 2 N–H and O–H groups in total. The van der Waals surface area contributed by atoms with Gasteiger partial charge in [-0.1, -0.05) is 49.7 Å². The minimum atomic E-state index is -0.250. The molecule has 0 saturated carbocycles. The molecule has 0 saturated heterocycles. The van der Waals surface area contributed by atoms with E-state index in [2.05, 4.69) is 61.9 Å². The molecule has 1 aromatic heterocycles. The number of anilines is 1. The lowest BCUT2D eigenvalue weighted by molar-refractivity contribution is -0.122. The van der Waals surface area contributed by atoms with Gasteiger partial charge in [-0.05, 0) is 66.6 Å². The molecule has 0 aliphatic heterocycles. The topological polar surface area (TPSA) is 73.1 Å². The Bertz CT molecular complexity index is 1020. The molecular weight excluding hydrogens is 436 g/mol. The Morgan fingerprint density at radius 1 is 1.23 bits per heavy atom. The summed E-state index contributed by atoms with van der Waals surface area (Å²) in [7, 11) is 0. The van der Waals surface area contributed by atoms with Gasteiger partial charge in [0.05, 0.1) is 22.3 Å². The highest BCUT2D eigenvalue weighted by molar-refractivity contribution is 8.00. The van der Waals surface area contributed by atoms with Crippen LogP contribution in [0.4, 0.5) is 5.69 Å². The quantitative estimate of drug-likeness (QED) is 0.300. The Balaban J connectivity index is 0.00000101. The monoisotopic (exact) mass is 458 g/mol. The molecule has 0 unspecified atom stereocenters. The average molecular weight is 459 g/mol. The number of hydrogen-bond acceptors (Lipinski definition) is 5. The minimum absolute atomic E-state index is 0.250. The van der Waals surface area contributed by atoms with Crippen LogP contribution in [0.25, 0.3) is 10.4 Å². The lowest BCUT2D eigenvalue weighted by Gasteiger charge is -2.06. The molecule has 0 aliphatic carbocycles. The van der Waals surface area contributed by atoms with Gasteiger partial charge >= 0.3 is 0 Å². The number of nitriles is 1. The van der Waals surface area contributed by atoms with Crippen LogP contribution >= 0.6 is 34.9 Å². The van der Waals surface area contributed by atoms with Gasteiger partial charge in [0.1, 0.15) is 0 Å². The SMILES string of the molecule is Cc1sc(-c2ccc(CC(C)C)cc2)cc1NSc1ccc(C#N)cc1Cl.O=CO. The van der Waals surface area contributed by atoms with Crippen molar-refractivity contribution < 1.29 is 9.90 Å². The maximum atomic E-state index is 8.94. The number of nitrogens with one attached hydrogen (secondary N) is 1. The maximum Gasteiger partial charge on any atom is 0.290 e. The largest absolute Gasteiger partial charge is 0.483 e. The van der Waals surface area contributed by atoms with Crippen molar-refractivity contribution in [2.24, 2.45) is 5.92 Å². The van der Waals surface area contributed by atoms with E-state index in [9.17, 15) is 0 Å². The van der Waals surface area contributed by atoms with Crippen LogP contribution in [-0.4, -0.2) is 11.6 Å². The van der Waals surface area contributed by atoms with Crippen molar-refractivity contribution in [2.75, 3.05) is 4.72 Å². The van der Waals surface area contributed by atoms with Crippen LogP contribution in [0.2, 0.25) is 5.02 Å². The molecule has 30 heavy (non-hydrogen) atoms. The molecule has 0 fully saturated rings. The zero-order chi connectivity index (χ0) is 22.1. The fourth-order valence-electron chi connectivity index (χ4n) is 2.77. The lowest BCUT2D eigenvalue weighted by Crippen LogP contribution is -1.93. The first-order valence-corrected chi connectivity index (χ1v) is 11.3. The van der Waals surface area contributed by atoms with E-state index in [0.717, 1.165) is 17.0 Å². The number of aryl methyl sites for hydroxylation is 1. The van der Waals surface area contributed by atoms with E-state index in [1.54, 1.807) is 23.5 Å². The second kappa shape index (κ2) is 11.7. The van der Waals surface area contributed by atoms with E-state index in [0.29, 0.717) is 16.5 Å². The number of carbonyl (C=O) groups is 1. The van der Waals surface area contributed by atoms with Gasteiger partial charge in [-0.15, -0.1) is 11.3 Å². The van der Waals surface area contributed by atoms with E-state index in [-0.39, 0.29) is 6.47 Å². The van der Waals surface area contributed by atoms with Gasteiger partial charge in [0.15, 0.2) is 0 Å². The molecule has 156 valence electrons. The first kappa shape index (κ1) is 23.8. The van der Waals surface area contributed by atoms with Crippen molar-refractivity contribution in [1.29, 1.82) is 5.26 Å². The van der Waals surface area contributed by atoms with E-state index < -0.39 is 0 Å². The van der Waals surface area contributed by atoms with E-state index in [1.165, 1.54) is 32.8 Å². The van der Waals surface area contributed by atoms with Crippen molar-refractivity contribution in [3.63, 3.8) is 0 Å². The van der Waals surface area contributed by atoms with Crippen molar-refractivity contribution >= 4 is 47.0 Å². The molecule has 0 radical (unpaired) electrons. The molecule has 0 spiro atoms. The summed E-state index contributed by atoms with van der Waals surface area (Å²) in [6.45, 7) is 6.35. The van der Waals surface area contributed by atoms with E-state index in [4.69, 9.17) is 26.8 Å². The third-order valence-electron chi connectivity index (χ3n) is 4.13. The number of carboxylic acid groups (broad SMARTS) is 1. The highest BCUT2D eigenvalue weighted by atomic mass is 35.5. The summed E-state index contributed by atoms with van der Waals surface area (Å²) < 4.78 is 3.39. The van der Waals surface area contributed by atoms with Gasteiger partial charge in [0.2, 0.25) is 0 Å². The number of hydrogen-bond donors (Lipinski definition) is 2. The summed E-state index contributed by atoms with van der Waals surface area (Å²) in [6.07, 6.45) is 1.11. The van der Waals surface area contributed by atoms with Gasteiger partial charge < -0.3 is 9.83 Å². The van der Waals surface area contributed by atoms with Crippen LogP contribution in [0.1, 0.15) is 29.9 Å². The maximum absolute atomic E-state index is 8.94. The summed E-state index contributed by atoms with van der Waals surface area (Å²) in [5.74, 6) is 0.668. The van der Waals surface area contributed by atoms with E-state index >= 15 is 0 Å². The molecule has 0 atom stereocenters. The summed E-state index contributed by atoms with van der Waals surface area (Å²) in [6, 6.07) is 18.5. The predicted molar refractivity (Wildman–Crippen MR) is 127 cm³/mol. The van der Waals surface area contributed by atoms with Gasteiger partial charge in [0.25, 0.3) is 6.47 Å². The molecule has 1 heterocycles. The van der Waals surface area contributed by atoms with Crippen LogP contribution in [0.5, 0.6) is 0 Å². The molecular formula is C23H23ClN2O2S2. The van der Waals surface area contributed by atoms with Crippen LogP contribution in [0.15, 0.2) is 53.4 Å². The standard InChI is InChI=1S/C22H21ClN2S2.CH2O2/c1-14(2)10-16-4-7-18(8-5-16)22-12-20(15(3)26-22)25-27-21-9-6-17(13-24)11-19(21)23;2-1-3/h4-9,11-12,14,25H,10H2,1-3H3;1H,(H,2,3). The molecule has 3 rings (SSSR count). The highest BCUT2D eigenvalue weighted by Gasteiger charge is 2.10.